The molecule has 1 fully saturated rings. The highest BCUT2D eigenvalue weighted by Gasteiger charge is 2.23. The third-order valence-corrected chi connectivity index (χ3v) is 8.32. The van der Waals surface area contributed by atoms with Crippen LogP contribution in [0.15, 0.2) is 90.0 Å². The van der Waals surface area contributed by atoms with Gasteiger partial charge in [0.05, 0.1) is 27.8 Å². The molecule has 1 aliphatic rings. The summed E-state index contributed by atoms with van der Waals surface area (Å²) in [5, 5.41) is 9.87. The van der Waals surface area contributed by atoms with Gasteiger partial charge in [0.25, 0.3) is 5.91 Å². The van der Waals surface area contributed by atoms with E-state index in [1.165, 1.54) is 0 Å². The second-order valence-corrected chi connectivity index (χ2v) is 11.1. The minimum Gasteiger partial charge on any atom is -0.336 e. The second kappa shape index (κ2) is 10.5. The minimum atomic E-state index is -3.61. The van der Waals surface area contributed by atoms with E-state index in [-0.39, 0.29) is 16.6 Å². The number of rotatable bonds is 6. The molecule has 1 saturated heterocycles. The molecule has 8 heteroatoms. The summed E-state index contributed by atoms with van der Waals surface area (Å²) < 4.78 is 26.3. The monoisotopic (exact) mass is 510 g/mol. The highest BCUT2D eigenvalue weighted by Crippen LogP contribution is 2.24. The predicted octanol–water partition coefficient (Wildman–Crippen LogP) is 4.04. The molecule has 1 aromatic heterocycles. The van der Waals surface area contributed by atoms with Crippen molar-refractivity contribution in [3.8, 4) is 6.07 Å². The zero-order chi connectivity index (χ0) is 25.8. The Bertz CT molecular complexity index is 1580. The number of benzene rings is 3. The maximum absolute atomic E-state index is 13.1. The lowest BCUT2D eigenvalue weighted by Crippen LogP contribution is -2.48. The van der Waals surface area contributed by atoms with Crippen molar-refractivity contribution < 1.29 is 13.2 Å². The number of fused-ring (bicyclic) bond motifs is 1. The predicted molar refractivity (Wildman–Crippen MR) is 141 cm³/mol. The van der Waals surface area contributed by atoms with Gasteiger partial charge in [0, 0.05) is 49.9 Å². The Hall–Kier alpha value is -4.06. The quantitative estimate of drug-likeness (QED) is 0.389. The first kappa shape index (κ1) is 24.6. The molecule has 4 aromatic rings. The Morgan fingerprint density at radius 1 is 0.892 bits per heavy atom. The summed E-state index contributed by atoms with van der Waals surface area (Å²) in [6, 6.07) is 25.4. The molecule has 1 amide bonds. The van der Waals surface area contributed by atoms with Gasteiger partial charge in [-0.3, -0.25) is 14.7 Å². The van der Waals surface area contributed by atoms with Crippen molar-refractivity contribution in [1.29, 1.82) is 5.26 Å². The number of hydrogen-bond donors (Lipinski definition) is 0. The smallest absolute Gasteiger partial charge is 0.253 e. The van der Waals surface area contributed by atoms with E-state index in [1.807, 2.05) is 35.2 Å². The van der Waals surface area contributed by atoms with Crippen LogP contribution in [0, 0.1) is 11.3 Å². The standard InChI is InChI=1S/C29H26N4O3S/c30-19-23-4-1-5-24(18-23)20-32-14-16-33(17-15-32)29(34)26-11-9-22(10-12-26)21-37(35,36)27-8-2-6-25-7-3-13-31-28(25)27/h1-13,18H,14-17,20-21H2. The van der Waals surface area contributed by atoms with Crippen LogP contribution in [0.25, 0.3) is 10.9 Å². The SMILES string of the molecule is N#Cc1cccc(CN2CCN(C(=O)c3ccc(CS(=O)(=O)c4cccc5cccnc45)cc3)CC2)c1. The van der Waals surface area contributed by atoms with Crippen LogP contribution >= 0.6 is 0 Å². The number of para-hydroxylation sites is 1. The number of sulfone groups is 1. The molecule has 0 radical (unpaired) electrons. The summed E-state index contributed by atoms with van der Waals surface area (Å²) >= 11 is 0. The largest absolute Gasteiger partial charge is 0.336 e. The average Bonchev–Trinajstić information content (AvgIpc) is 2.93. The Labute approximate surface area is 216 Å². The molecular formula is C29H26N4O3S. The van der Waals surface area contributed by atoms with Gasteiger partial charge < -0.3 is 4.90 Å². The number of aromatic nitrogens is 1. The summed E-state index contributed by atoms with van der Waals surface area (Å²) in [7, 11) is -3.61. The maximum Gasteiger partial charge on any atom is 0.253 e. The van der Waals surface area contributed by atoms with Crippen LogP contribution in [0.4, 0.5) is 0 Å². The van der Waals surface area contributed by atoms with Crippen molar-refractivity contribution in [3.63, 3.8) is 0 Å². The summed E-state index contributed by atoms with van der Waals surface area (Å²) in [5.74, 6) is -0.221. The van der Waals surface area contributed by atoms with Crippen molar-refractivity contribution in [3.05, 3.63) is 107 Å². The summed E-state index contributed by atoms with van der Waals surface area (Å²) in [4.78, 5) is 21.6. The van der Waals surface area contributed by atoms with E-state index in [4.69, 9.17) is 5.26 Å². The topological polar surface area (TPSA) is 94.4 Å². The fourth-order valence-corrected chi connectivity index (χ4v) is 6.19. The summed E-state index contributed by atoms with van der Waals surface area (Å²) in [6.07, 6.45) is 1.59. The number of carbonyl (C=O) groups is 1. The van der Waals surface area contributed by atoms with Crippen molar-refractivity contribution in [2.24, 2.45) is 0 Å². The molecule has 0 bridgehead atoms. The molecule has 7 nitrogen and oxygen atoms in total. The highest BCUT2D eigenvalue weighted by atomic mass is 32.2. The van der Waals surface area contributed by atoms with Gasteiger partial charge in [-0.15, -0.1) is 0 Å². The first-order valence-electron chi connectivity index (χ1n) is 12.1. The van der Waals surface area contributed by atoms with Crippen molar-refractivity contribution >= 4 is 26.6 Å². The number of pyridine rings is 1. The van der Waals surface area contributed by atoms with Gasteiger partial charge in [0.2, 0.25) is 0 Å². The Kier molecular flexibility index (Phi) is 6.99. The molecule has 0 unspecified atom stereocenters. The molecule has 1 aliphatic heterocycles. The van der Waals surface area contributed by atoms with Crippen LogP contribution in [0.1, 0.15) is 27.0 Å². The molecule has 0 atom stereocenters. The zero-order valence-electron chi connectivity index (χ0n) is 20.2. The van der Waals surface area contributed by atoms with Crippen LogP contribution in [0.5, 0.6) is 0 Å². The van der Waals surface area contributed by atoms with Gasteiger partial charge in [-0.2, -0.15) is 5.26 Å². The number of nitriles is 1. The fourth-order valence-electron chi connectivity index (χ4n) is 4.66. The molecule has 3 aromatic carbocycles. The lowest BCUT2D eigenvalue weighted by atomic mass is 10.1. The third-order valence-electron chi connectivity index (χ3n) is 6.61. The molecule has 2 heterocycles. The van der Waals surface area contributed by atoms with Crippen LogP contribution < -0.4 is 0 Å². The van der Waals surface area contributed by atoms with Crippen molar-refractivity contribution in [2.75, 3.05) is 26.2 Å². The molecule has 0 saturated carbocycles. The van der Waals surface area contributed by atoms with Crippen molar-refractivity contribution in [1.82, 2.24) is 14.8 Å². The van der Waals surface area contributed by atoms with E-state index in [1.54, 1.807) is 54.7 Å². The van der Waals surface area contributed by atoms with Crippen LogP contribution in [-0.4, -0.2) is 55.3 Å². The van der Waals surface area contributed by atoms with Gasteiger partial charge >= 0.3 is 0 Å². The minimum absolute atomic E-state index is 0.0567. The first-order chi connectivity index (χ1) is 17.9. The molecule has 0 spiro atoms. The molecule has 186 valence electrons. The van der Waals surface area contributed by atoms with Crippen LogP contribution in [0.3, 0.4) is 0 Å². The third kappa shape index (κ3) is 5.53. The first-order valence-corrected chi connectivity index (χ1v) is 13.7. The van der Waals surface area contributed by atoms with E-state index >= 15 is 0 Å². The second-order valence-electron chi connectivity index (χ2n) is 9.17. The number of piperazine rings is 1. The molecular weight excluding hydrogens is 484 g/mol. The molecule has 37 heavy (non-hydrogen) atoms. The molecule has 0 N–H and O–H groups in total. The van der Waals surface area contributed by atoms with E-state index in [0.29, 0.717) is 35.3 Å². The lowest BCUT2D eigenvalue weighted by molar-refractivity contribution is 0.0628. The van der Waals surface area contributed by atoms with E-state index in [2.05, 4.69) is 16.0 Å². The van der Waals surface area contributed by atoms with Gasteiger partial charge in [-0.05, 0) is 47.5 Å². The Morgan fingerprint density at radius 3 is 2.38 bits per heavy atom. The fraction of sp³-hybridized carbons (Fsp3) is 0.207. The maximum atomic E-state index is 13.1. The Morgan fingerprint density at radius 2 is 1.62 bits per heavy atom. The van der Waals surface area contributed by atoms with Crippen molar-refractivity contribution in [2.45, 2.75) is 17.2 Å². The zero-order valence-corrected chi connectivity index (χ0v) is 21.1. The Balaban J connectivity index is 1.21. The van der Waals surface area contributed by atoms with Crippen LogP contribution in [-0.2, 0) is 22.1 Å². The molecule has 5 rings (SSSR count). The average molecular weight is 511 g/mol. The van der Waals surface area contributed by atoms with E-state index in [9.17, 15) is 13.2 Å². The van der Waals surface area contributed by atoms with E-state index in [0.717, 1.165) is 30.6 Å². The lowest BCUT2D eigenvalue weighted by Gasteiger charge is -2.34. The highest BCUT2D eigenvalue weighted by molar-refractivity contribution is 7.90. The van der Waals surface area contributed by atoms with Gasteiger partial charge in [0.15, 0.2) is 9.84 Å². The van der Waals surface area contributed by atoms with Crippen LogP contribution in [0.2, 0.25) is 0 Å². The number of amides is 1. The van der Waals surface area contributed by atoms with Gasteiger partial charge in [-0.25, -0.2) is 8.42 Å². The van der Waals surface area contributed by atoms with Gasteiger partial charge in [0.1, 0.15) is 0 Å². The number of hydrogen-bond acceptors (Lipinski definition) is 6. The van der Waals surface area contributed by atoms with Gasteiger partial charge in [-0.1, -0.05) is 42.5 Å². The normalized spacial score (nSPS) is 14.4. The summed E-state index contributed by atoms with van der Waals surface area (Å²) in [6.45, 7) is 3.46. The summed E-state index contributed by atoms with van der Waals surface area (Å²) in [5.41, 5.74) is 3.37. The molecule has 0 aliphatic carbocycles. The number of carbonyl (C=O) groups excluding carboxylic acids is 1. The number of nitrogens with zero attached hydrogens (tertiary/aromatic N) is 4. The van der Waals surface area contributed by atoms with E-state index < -0.39 is 9.84 Å².